The Kier molecular flexibility index (Phi) is 4.57. The fraction of sp³-hybridized carbons (Fsp3) is 0.188. The van der Waals surface area contributed by atoms with Gasteiger partial charge in [-0.25, -0.2) is 4.68 Å². The van der Waals surface area contributed by atoms with Gasteiger partial charge in [0.25, 0.3) is 0 Å². The average molecular weight is 374 g/mol. The Morgan fingerprint density at radius 1 is 1.30 bits per heavy atom. The Morgan fingerprint density at radius 3 is 2.70 bits per heavy atom. The van der Waals surface area contributed by atoms with Gasteiger partial charge in [-0.15, -0.1) is 0 Å². The van der Waals surface area contributed by atoms with Gasteiger partial charge in [0.05, 0.1) is 28.8 Å². The van der Waals surface area contributed by atoms with Crippen LogP contribution in [0, 0.1) is 5.92 Å². The number of benzene rings is 1. The molecule has 7 heteroatoms. The molecule has 3 aromatic rings. The zero-order chi connectivity index (χ0) is 16.2. The fourth-order valence-corrected chi connectivity index (χ4v) is 2.51. The molecule has 118 valence electrons. The van der Waals surface area contributed by atoms with Crippen LogP contribution in [0.25, 0.3) is 5.69 Å². The summed E-state index contributed by atoms with van der Waals surface area (Å²) in [6.07, 6.45) is 7.16. The molecular formula is C16H16BrN5O. The van der Waals surface area contributed by atoms with Gasteiger partial charge in [-0.2, -0.15) is 10.2 Å². The largest absolute Gasteiger partial charge is 0.326 e. The molecule has 0 radical (unpaired) electrons. The molecule has 2 heterocycles. The summed E-state index contributed by atoms with van der Waals surface area (Å²) in [5.41, 5.74) is 1.71. The molecule has 1 atom stereocenters. The molecule has 0 saturated carbocycles. The molecule has 1 amide bonds. The SMILES string of the molecule is CC(Cn1cc(Br)cn1)C(=O)Nc1ccc(-n2cccn2)cc1. The number of aromatic nitrogens is 4. The highest BCUT2D eigenvalue weighted by Gasteiger charge is 2.14. The van der Waals surface area contributed by atoms with Crippen molar-refractivity contribution in [1.29, 1.82) is 0 Å². The van der Waals surface area contributed by atoms with Crippen LogP contribution in [0.2, 0.25) is 0 Å². The summed E-state index contributed by atoms with van der Waals surface area (Å²) in [7, 11) is 0. The van der Waals surface area contributed by atoms with Gasteiger partial charge >= 0.3 is 0 Å². The number of hydrogen-bond donors (Lipinski definition) is 1. The molecule has 1 unspecified atom stereocenters. The zero-order valence-corrected chi connectivity index (χ0v) is 14.1. The third-order valence-corrected chi connectivity index (χ3v) is 3.82. The van der Waals surface area contributed by atoms with Crippen molar-refractivity contribution in [3.05, 3.63) is 59.6 Å². The van der Waals surface area contributed by atoms with E-state index in [0.717, 1.165) is 15.8 Å². The molecule has 1 aromatic carbocycles. The van der Waals surface area contributed by atoms with Gasteiger partial charge in [0.2, 0.25) is 5.91 Å². The first-order chi connectivity index (χ1) is 11.1. The number of hydrogen-bond acceptors (Lipinski definition) is 3. The third-order valence-electron chi connectivity index (χ3n) is 3.41. The summed E-state index contributed by atoms with van der Waals surface area (Å²) in [4.78, 5) is 12.3. The lowest BCUT2D eigenvalue weighted by Gasteiger charge is -2.12. The highest BCUT2D eigenvalue weighted by molar-refractivity contribution is 9.10. The Hall–Kier alpha value is -2.41. The van der Waals surface area contributed by atoms with E-state index in [-0.39, 0.29) is 11.8 Å². The van der Waals surface area contributed by atoms with Crippen LogP contribution in [0.5, 0.6) is 0 Å². The standard InChI is InChI=1S/C16H16BrN5O/c1-12(10-21-11-13(17)9-19-21)16(23)20-14-3-5-15(6-4-14)22-8-2-7-18-22/h2-9,11-12H,10H2,1H3,(H,20,23). The summed E-state index contributed by atoms with van der Waals surface area (Å²) in [5, 5.41) is 11.3. The van der Waals surface area contributed by atoms with Crippen LogP contribution < -0.4 is 5.32 Å². The van der Waals surface area contributed by atoms with E-state index in [0.29, 0.717) is 6.54 Å². The van der Waals surface area contributed by atoms with Crippen molar-refractivity contribution in [3.63, 3.8) is 0 Å². The maximum absolute atomic E-state index is 12.3. The van der Waals surface area contributed by atoms with E-state index in [1.54, 1.807) is 21.8 Å². The minimum atomic E-state index is -0.187. The van der Waals surface area contributed by atoms with Gasteiger partial charge in [-0.3, -0.25) is 9.48 Å². The van der Waals surface area contributed by atoms with E-state index >= 15 is 0 Å². The maximum atomic E-state index is 12.3. The van der Waals surface area contributed by atoms with Gasteiger partial charge in [-0.1, -0.05) is 6.92 Å². The number of nitrogens with one attached hydrogen (secondary N) is 1. The number of rotatable bonds is 5. The van der Waals surface area contributed by atoms with Crippen molar-refractivity contribution in [3.8, 4) is 5.69 Å². The molecule has 3 rings (SSSR count). The normalized spacial score (nSPS) is 12.1. The summed E-state index contributed by atoms with van der Waals surface area (Å²) in [6.45, 7) is 2.41. The molecule has 0 aliphatic heterocycles. The summed E-state index contributed by atoms with van der Waals surface area (Å²) < 4.78 is 4.41. The third kappa shape index (κ3) is 3.87. The molecule has 2 aromatic heterocycles. The molecule has 1 N–H and O–H groups in total. The Morgan fingerprint density at radius 2 is 2.09 bits per heavy atom. The molecular weight excluding hydrogens is 358 g/mol. The second-order valence-electron chi connectivity index (χ2n) is 5.27. The predicted octanol–water partition coefficient (Wildman–Crippen LogP) is 3.11. The van der Waals surface area contributed by atoms with Gasteiger partial charge in [-0.05, 0) is 46.3 Å². The Bertz CT molecular complexity index is 779. The second-order valence-corrected chi connectivity index (χ2v) is 6.18. The quantitative estimate of drug-likeness (QED) is 0.747. The van der Waals surface area contributed by atoms with Gasteiger partial charge in [0.15, 0.2) is 0 Å². The van der Waals surface area contributed by atoms with E-state index in [4.69, 9.17) is 0 Å². The van der Waals surface area contributed by atoms with E-state index in [2.05, 4.69) is 31.4 Å². The van der Waals surface area contributed by atoms with Crippen LogP contribution >= 0.6 is 15.9 Å². The van der Waals surface area contributed by atoms with Crippen LogP contribution in [0.15, 0.2) is 59.6 Å². The molecule has 0 spiro atoms. The lowest BCUT2D eigenvalue weighted by atomic mass is 10.1. The van der Waals surface area contributed by atoms with Crippen molar-refractivity contribution in [2.45, 2.75) is 13.5 Å². The van der Waals surface area contributed by atoms with Gasteiger partial charge in [0.1, 0.15) is 0 Å². The molecule has 6 nitrogen and oxygen atoms in total. The first-order valence-corrected chi connectivity index (χ1v) is 8.00. The van der Waals surface area contributed by atoms with Crippen molar-refractivity contribution < 1.29 is 4.79 Å². The molecule has 0 aliphatic carbocycles. The minimum absolute atomic E-state index is 0.0385. The fourth-order valence-electron chi connectivity index (χ4n) is 2.19. The number of carbonyl (C=O) groups excluding carboxylic acids is 1. The second kappa shape index (κ2) is 6.78. The zero-order valence-electron chi connectivity index (χ0n) is 12.6. The minimum Gasteiger partial charge on any atom is -0.326 e. The molecule has 0 bridgehead atoms. The Balaban J connectivity index is 1.61. The summed E-state index contributed by atoms with van der Waals surface area (Å²) >= 11 is 3.34. The van der Waals surface area contributed by atoms with Crippen molar-refractivity contribution >= 4 is 27.5 Å². The molecule has 0 saturated heterocycles. The van der Waals surface area contributed by atoms with E-state index < -0.39 is 0 Å². The summed E-state index contributed by atoms with van der Waals surface area (Å²) in [6, 6.07) is 9.43. The van der Waals surface area contributed by atoms with E-state index in [1.807, 2.05) is 49.6 Å². The monoisotopic (exact) mass is 373 g/mol. The predicted molar refractivity (Wildman–Crippen MR) is 91.3 cm³/mol. The number of halogens is 1. The first kappa shape index (κ1) is 15.5. The van der Waals surface area contributed by atoms with Gasteiger partial charge in [0, 0.05) is 24.3 Å². The summed E-state index contributed by atoms with van der Waals surface area (Å²) in [5.74, 6) is -0.226. The van der Waals surface area contributed by atoms with E-state index in [1.165, 1.54) is 0 Å². The van der Waals surface area contributed by atoms with Crippen molar-refractivity contribution in [2.75, 3.05) is 5.32 Å². The Labute approximate surface area is 142 Å². The van der Waals surface area contributed by atoms with Crippen molar-refractivity contribution in [2.24, 2.45) is 5.92 Å². The molecule has 23 heavy (non-hydrogen) atoms. The van der Waals surface area contributed by atoms with Crippen LogP contribution in [0.4, 0.5) is 5.69 Å². The molecule has 0 aliphatic rings. The first-order valence-electron chi connectivity index (χ1n) is 7.21. The topological polar surface area (TPSA) is 64.7 Å². The lowest BCUT2D eigenvalue weighted by Crippen LogP contribution is -2.24. The van der Waals surface area contributed by atoms with Crippen LogP contribution in [0.1, 0.15) is 6.92 Å². The highest BCUT2D eigenvalue weighted by atomic mass is 79.9. The number of carbonyl (C=O) groups is 1. The lowest BCUT2D eigenvalue weighted by molar-refractivity contribution is -0.119. The van der Waals surface area contributed by atoms with Crippen molar-refractivity contribution in [1.82, 2.24) is 19.6 Å². The smallest absolute Gasteiger partial charge is 0.229 e. The van der Waals surface area contributed by atoms with Crippen LogP contribution in [0.3, 0.4) is 0 Å². The van der Waals surface area contributed by atoms with Crippen LogP contribution in [-0.2, 0) is 11.3 Å². The highest BCUT2D eigenvalue weighted by Crippen LogP contribution is 2.14. The number of anilines is 1. The molecule has 0 fully saturated rings. The average Bonchev–Trinajstić information content (AvgIpc) is 3.20. The van der Waals surface area contributed by atoms with Crippen LogP contribution in [-0.4, -0.2) is 25.5 Å². The maximum Gasteiger partial charge on any atom is 0.229 e. The number of amides is 1. The van der Waals surface area contributed by atoms with Gasteiger partial charge < -0.3 is 5.32 Å². The van der Waals surface area contributed by atoms with E-state index in [9.17, 15) is 4.79 Å². The number of nitrogens with zero attached hydrogens (tertiary/aromatic N) is 4.